The summed E-state index contributed by atoms with van der Waals surface area (Å²) in [4.78, 5) is 0. The lowest BCUT2D eigenvalue weighted by Gasteiger charge is -2.06. The fourth-order valence-corrected chi connectivity index (χ4v) is 2.37. The number of hydrogen-bond acceptors (Lipinski definition) is 2. The van der Waals surface area contributed by atoms with Gasteiger partial charge in [0.05, 0.1) is 5.71 Å². The molecule has 86 valence electrons. The molecule has 0 aliphatic heterocycles. The summed E-state index contributed by atoms with van der Waals surface area (Å²) in [6, 6.07) is 17.9. The number of halogens is 1. The standard InChI is InChI=1S/C14H12INO/c15-13-9-5-4-8-12(13)14(16-17)10-11-6-2-1-3-7-11/h1-9,17H,10H2/b16-14+. The third-order valence-electron chi connectivity index (χ3n) is 2.52. The molecule has 0 aromatic heterocycles. The molecule has 0 bridgehead atoms. The van der Waals surface area contributed by atoms with Crippen molar-refractivity contribution in [3.8, 4) is 0 Å². The lowest BCUT2D eigenvalue weighted by molar-refractivity contribution is 0.318. The molecule has 2 aromatic carbocycles. The first-order valence-corrected chi connectivity index (χ1v) is 6.39. The average Bonchev–Trinajstić information content (AvgIpc) is 2.38. The number of nitrogens with zero attached hydrogens (tertiary/aromatic N) is 1. The molecule has 2 aromatic rings. The van der Waals surface area contributed by atoms with Gasteiger partial charge in [0, 0.05) is 15.6 Å². The highest BCUT2D eigenvalue weighted by Gasteiger charge is 2.08. The maximum atomic E-state index is 9.15. The van der Waals surface area contributed by atoms with Crippen LogP contribution in [0.5, 0.6) is 0 Å². The first-order valence-electron chi connectivity index (χ1n) is 5.31. The van der Waals surface area contributed by atoms with Gasteiger partial charge in [0.1, 0.15) is 0 Å². The molecule has 2 nitrogen and oxygen atoms in total. The second-order valence-electron chi connectivity index (χ2n) is 3.69. The fourth-order valence-electron chi connectivity index (χ4n) is 1.67. The first-order chi connectivity index (χ1) is 8.31. The van der Waals surface area contributed by atoms with E-state index in [4.69, 9.17) is 5.21 Å². The number of benzene rings is 2. The van der Waals surface area contributed by atoms with E-state index in [9.17, 15) is 0 Å². The minimum atomic E-state index is 0.636. The van der Waals surface area contributed by atoms with Crippen LogP contribution in [0.1, 0.15) is 11.1 Å². The van der Waals surface area contributed by atoms with Crippen molar-refractivity contribution in [1.29, 1.82) is 0 Å². The zero-order valence-corrected chi connectivity index (χ0v) is 11.3. The van der Waals surface area contributed by atoms with Gasteiger partial charge in [0.15, 0.2) is 0 Å². The van der Waals surface area contributed by atoms with Crippen LogP contribution in [0, 0.1) is 3.57 Å². The van der Waals surface area contributed by atoms with Gasteiger partial charge in [-0.2, -0.15) is 0 Å². The molecule has 0 saturated heterocycles. The third-order valence-corrected chi connectivity index (χ3v) is 3.46. The van der Waals surface area contributed by atoms with E-state index < -0.39 is 0 Å². The van der Waals surface area contributed by atoms with Crippen molar-refractivity contribution in [2.75, 3.05) is 0 Å². The molecule has 0 unspecified atom stereocenters. The monoisotopic (exact) mass is 337 g/mol. The van der Waals surface area contributed by atoms with Gasteiger partial charge in [-0.05, 0) is 34.2 Å². The molecule has 0 aliphatic rings. The van der Waals surface area contributed by atoms with Gasteiger partial charge in [-0.3, -0.25) is 0 Å². The number of hydrogen-bond donors (Lipinski definition) is 1. The topological polar surface area (TPSA) is 32.6 Å². The van der Waals surface area contributed by atoms with Gasteiger partial charge in [-0.1, -0.05) is 53.7 Å². The Morgan fingerprint density at radius 1 is 1.00 bits per heavy atom. The van der Waals surface area contributed by atoms with E-state index in [1.54, 1.807) is 0 Å². The van der Waals surface area contributed by atoms with Crippen molar-refractivity contribution in [2.45, 2.75) is 6.42 Å². The van der Waals surface area contributed by atoms with E-state index in [0.717, 1.165) is 14.7 Å². The molecule has 0 saturated carbocycles. The van der Waals surface area contributed by atoms with Gasteiger partial charge in [-0.25, -0.2) is 0 Å². The Hall–Kier alpha value is -1.36. The largest absolute Gasteiger partial charge is 0.411 e. The van der Waals surface area contributed by atoms with Gasteiger partial charge in [0.25, 0.3) is 0 Å². The van der Waals surface area contributed by atoms with Crippen LogP contribution >= 0.6 is 22.6 Å². The van der Waals surface area contributed by atoms with Crippen LogP contribution < -0.4 is 0 Å². The van der Waals surface area contributed by atoms with Gasteiger partial charge < -0.3 is 5.21 Å². The molecule has 0 radical (unpaired) electrons. The van der Waals surface area contributed by atoms with Gasteiger partial charge in [-0.15, -0.1) is 0 Å². The summed E-state index contributed by atoms with van der Waals surface area (Å²) in [6.45, 7) is 0. The SMILES string of the molecule is O/N=C(\Cc1ccccc1)c1ccccc1I. The Morgan fingerprint density at radius 3 is 2.29 bits per heavy atom. The Balaban J connectivity index is 2.28. The summed E-state index contributed by atoms with van der Waals surface area (Å²) in [5.41, 5.74) is 2.82. The van der Waals surface area contributed by atoms with Crippen LogP contribution in [0.2, 0.25) is 0 Å². The van der Waals surface area contributed by atoms with Crippen molar-refractivity contribution in [1.82, 2.24) is 0 Å². The molecular weight excluding hydrogens is 325 g/mol. The Labute approximate surface area is 114 Å². The first kappa shape index (κ1) is 12.1. The molecule has 17 heavy (non-hydrogen) atoms. The fraction of sp³-hybridized carbons (Fsp3) is 0.0714. The van der Waals surface area contributed by atoms with Crippen LogP contribution in [0.25, 0.3) is 0 Å². The highest BCUT2D eigenvalue weighted by Crippen LogP contribution is 2.15. The summed E-state index contributed by atoms with van der Waals surface area (Å²) in [5, 5.41) is 12.6. The number of rotatable bonds is 3. The van der Waals surface area contributed by atoms with E-state index in [1.807, 2.05) is 54.6 Å². The molecule has 0 heterocycles. The highest BCUT2D eigenvalue weighted by atomic mass is 127. The van der Waals surface area contributed by atoms with Crippen molar-refractivity contribution in [3.05, 3.63) is 69.3 Å². The summed E-state index contributed by atoms with van der Waals surface area (Å²) in [5.74, 6) is 0. The maximum absolute atomic E-state index is 9.15. The van der Waals surface area contributed by atoms with Crippen molar-refractivity contribution in [3.63, 3.8) is 0 Å². The van der Waals surface area contributed by atoms with E-state index in [1.165, 1.54) is 0 Å². The number of oxime groups is 1. The molecule has 1 N–H and O–H groups in total. The summed E-state index contributed by atoms with van der Waals surface area (Å²) in [7, 11) is 0. The van der Waals surface area contributed by atoms with Crippen LogP contribution in [0.3, 0.4) is 0 Å². The minimum Gasteiger partial charge on any atom is -0.411 e. The molecule has 0 aliphatic carbocycles. The molecule has 2 rings (SSSR count). The summed E-state index contributed by atoms with van der Waals surface area (Å²) in [6.07, 6.45) is 0.636. The normalized spacial score (nSPS) is 11.5. The van der Waals surface area contributed by atoms with E-state index in [2.05, 4.69) is 27.7 Å². The van der Waals surface area contributed by atoms with Crippen molar-refractivity contribution < 1.29 is 5.21 Å². The second kappa shape index (κ2) is 5.82. The zero-order valence-electron chi connectivity index (χ0n) is 9.18. The predicted molar refractivity (Wildman–Crippen MR) is 77.6 cm³/mol. The third kappa shape index (κ3) is 3.06. The van der Waals surface area contributed by atoms with E-state index in [0.29, 0.717) is 12.1 Å². The summed E-state index contributed by atoms with van der Waals surface area (Å²) < 4.78 is 1.09. The minimum absolute atomic E-state index is 0.636. The average molecular weight is 337 g/mol. The molecule has 3 heteroatoms. The van der Waals surface area contributed by atoms with Crippen LogP contribution in [-0.4, -0.2) is 10.9 Å². The van der Waals surface area contributed by atoms with Gasteiger partial charge >= 0.3 is 0 Å². The summed E-state index contributed by atoms with van der Waals surface area (Å²) >= 11 is 2.25. The zero-order chi connectivity index (χ0) is 12.1. The van der Waals surface area contributed by atoms with Crippen molar-refractivity contribution >= 4 is 28.3 Å². The van der Waals surface area contributed by atoms with E-state index >= 15 is 0 Å². The quantitative estimate of drug-likeness (QED) is 0.394. The molecule has 0 amide bonds. The Morgan fingerprint density at radius 2 is 1.65 bits per heavy atom. The Kier molecular flexibility index (Phi) is 4.14. The molecule has 0 fully saturated rings. The van der Waals surface area contributed by atoms with Gasteiger partial charge in [0.2, 0.25) is 0 Å². The Bertz CT molecular complexity index is 523. The maximum Gasteiger partial charge on any atom is 0.0922 e. The lowest BCUT2D eigenvalue weighted by atomic mass is 10.0. The van der Waals surface area contributed by atoms with Crippen molar-refractivity contribution in [2.24, 2.45) is 5.16 Å². The van der Waals surface area contributed by atoms with Crippen LogP contribution in [-0.2, 0) is 6.42 Å². The molecule has 0 spiro atoms. The molecule has 0 atom stereocenters. The van der Waals surface area contributed by atoms with Crippen LogP contribution in [0.15, 0.2) is 59.8 Å². The predicted octanol–water partition coefficient (Wildman–Crippen LogP) is 3.71. The second-order valence-corrected chi connectivity index (χ2v) is 4.85. The smallest absolute Gasteiger partial charge is 0.0922 e. The van der Waals surface area contributed by atoms with Crippen LogP contribution in [0.4, 0.5) is 0 Å². The van der Waals surface area contributed by atoms with E-state index in [-0.39, 0.29) is 0 Å². The highest BCUT2D eigenvalue weighted by molar-refractivity contribution is 14.1. The lowest BCUT2D eigenvalue weighted by Crippen LogP contribution is -2.07. The molecular formula is C14H12INO.